The third-order valence-electron chi connectivity index (χ3n) is 5.24. The van der Waals surface area contributed by atoms with Gasteiger partial charge in [-0.25, -0.2) is 0 Å². The Labute approximate surface area is 126 Å². The lowest BCUT2D eigenvalue weighted by molar-refractivity contribution is 1.68. The molecule has 0 unspecified atom stereocenters. The molecule has 1 radical (unpaired) electrons. The zero-order valence-corrected chi connectivity index (χ0v) is 16.1. The average molecular weight is 312 g/mol. The molecule has 2 aromatic carbocycles. The maximum Gasteiger partial charge on any atom is 0.117 e. The predicted octanol–water partition coefficient (Wildman–Crippen LogP) is 1.85. The summed E-state index contributed by atoms with van der Waals surface area (Å²) in [6.45, 7) is 12.8. The number of fused-ring (bicyclic) bond motifs is 2. The Balaban J connectivity index is 2.40. The second-order valence-electron chi connectivity index (χ2n) is 7.09. The number of hydrogen-bond acceptors (Lipinski definition) is 0. The summed E-state index contributed by atoms with van der Waals surface area (Å²) in [6.07, 6.45) is 0. The van der Waals surface area contributed by atoms with Gasteiger partial charge < -0.3 is 0 Å². The molecule has 0 aliphatic carbocycles. The van der Waals surface area contributed by atoms with E-state index in [1.54, 1.807) is 20.7 Å². The van der Waals surface area contributed by atoms with Crippen molar-refractivity contribution in [3.8, 4) is 0 Å². The van der Waals surface area contributed by atoms with Gasteiger partial charge in [0.25, 0.3) is 0 Å². The van der Waals surface area contributed by atoms with E-state index < -0.39 is 24.0 Å². The summed E-state index contributed by atoms with van der Waals surface area (Å²) >= 11 is 0. The third kappa shape index (κ3) is 1.76. The lowest BCUT2D eigenvalue weighted by Gasteiger charge is -2.46. The lowest BCUT2D eigenvalue weighted by atomic mass is 10.3. The van der Waals surface area contributed by atoms with Gasteiger partial charge >= 0.3 is 0 Å². The zero-order chi connectivity index (χ0) is 14.5. The van der Waals surface area contributed by atoms with E-state index in [-0.39, 0.29) is 0 Å². The van der Waals surface area contributed by atoms with Crippen LogP contribution < -0.4 is 20.7 Å². The minimum absolute atomic E-state index is 0.579. The van der Waals surface area contributed by atoms with Crippen LogP contribution in [-0.4, -0.2) is 24.0 Å². The fourth-order valence-electron chi connectivity index (χ4n) is 3.59. The summed E-state index contributed by atoms with van der Waals surface area (Å²) in [6, 6.07) is 18.7. The van der Waals surface area contributed by atoms with Gasteiger partial charge in [0.05, 0.1) is 0 Å². The topological polar surface area (TPSA) is 0 Å². The molecular weight excluding hydrogens is 288 g/mol. The Morgan fingerprint density at radius 2 is 1.20 bits per heavy atom. The molecule has 1 aliphatic heterocycles. The highest BCUT2D eigenvalue weighted by molar-refractivity contribution is 7.52. The quantitative estimate of drug-likeness (QED) is 0.705. The summed E-state index contributed by atoms with van der Waals surface area (Å²) in [5.41, 5.74) is 0. The average Bonchev–Trinajstić information content (AvgIpc) is 2.43. The van der Waals surface area contributed by atoms with Crippen LogP contribution in [0.2, 0.25) is 32.7 Å². The van der Waals surface area contributed by atoms with Gasteiger partial charge in [-0.15, -0.1) is 0 Å². The van der Waals surface area contributed by atoms with E-state index in [9.17, 15) is 0 Å². The Hall–Kier alpha value is -0.909. The van der Waals surface area contributed by atoms with Crippen molar-refractivity contribution >= 4 is 44.7 Å². The first-order valence-corrected chi connectivity index (χ1v) is 16.4. The van der Waals surface area contributed by atoms with Crippen LogP contribution in [0.1, 0.15) is 0 Å². The first kappa shape index (κ1) is 14.0. The van der Waals surface area contributed by atoms with E-state index in [0.29, 0.717) is 0 Å². The van der Waals surface area contributed by atoms with Crippen molar-refractivity contribution < 1.29 is 0 Å². The molecule has 0 aromatic heterocycles. The summed E-state index contributed by atoms with van der Waals surface area (Å²) in [4.78, 5) is 0. The summed E-state index contributed by atoms with van der Waals surface area (Å²) in [5, 5.41) is 6.86. The minimum atomic E-state index is -1.56. The van der Waals surface area contributed by atoms with Gasteiger partial charge in [-0.1, -0.05) is 102 Å². The van der Waals surface area contributed by atoms with E-state index in [1.165, 1.54) is 0 Å². The van der Waals surface area contributed by atoms with E-state index in [1.807, 2.05) is 0 Å². The third-order valence-corrected chi connectivity index (χ3v) is 24.9. The van der Waals surface area contributed by atoms with Gasteiger partial charge in [-0.3, -0.25) is 0 Å². The summed E-state index contributed by atoms with van der Waals surface area (Å²) in [5.74, 6) is 0. The number of hydrogen-bond donors (Lipinski definition) is 0. The molecule has 1 heterocycles. The zero-order valence-electron chi connectivity index (χ0n) is 13.1. The first-order valence-electron chi connectivity index (χ1n) is 7.40. The maximum atomic E-state index is 2.63. The molecule has 0 atom stereocenters. The molecule has 20 heavy (non-hydrogen) atoms. The first-order chi connectivity index (χ1) is 9.37. The van der Waals surface area contributed by atoms with Gasteiger partial charge in [-0.2, -0.15) is 0 Å². The minimum Gasteiger partial charge on any atom is -0.0709 e. The molecule has 0 spiro atoms. The monoisotopic (exact) mass is 311 g/mol. The molecule has 0 nitrogen and oxygen atoms in total. The van der Waals surface area contributed by atoms with Crippen LogP contribution in [0.5, 0.6) is 0 Å². The fraction of sp³-hybridized carbons (Fsp3) is 0.294. The Morgan fingerprint density at radius 3 is 1.60 bits per heavy atom. The molecular formula is C17H23Si3. The molecule has 0 bridgehead atoms. The van der Waals surface area contributed by atoms with Gasteiger partial charge in [0.2, 0.25) is 0 Å². The predicted molar refractivity (Wildman–Crippen MR) is 98.0 cm³/mol. The molecule has 0 N–H and O–H groups in total. The van der Waals surface area contributed by atoms with Gasteiger partial charge in [0.1, 0.15) is 16.4 Å². The lowest BCUT2D eigenvalue weighted by Crippen LogP contribution is -2.82. The summed E-state index contributed by atoms with van der Waals surface area (Å²) in [7, 11) is -3.39. The second kappa shape index (κ2) is 4.55. The second-order valence-corrected chi connectivity index (χ2v) is 24.7. The SMILES string of the molecule is C[Si]1c2ccccc2[Si](C)([Si](C)(C)C)c2ccccc21. The number of rotatable bonds is 1. The van der Waals surface area contributed by atoms with Crippen LogP contribution in [0, 0.1) is 0 Å². The Bertz CT molecular complexity index is 608. The standard InChI is InChI=1S/C17H23Si3/c1-18-14-10-6-8-12-16(14)20(5,19(2,3)4)17-13-9-7-11-15(17)18/h6-13H,1-5H3. The van der Waals surface area contributed by atoms with Gasteiger partial charge in [0, 0.05) is 7.59 Å². The molecule has 1 aliphatic rings. The summed E-state index contributed by atoms with van der Waals surface area (Å²) < 4.78 is 0. The Morgan fingerprint density at radius 1 is 0.800 bits per heavy atom. The van der Waals surface area contributed by atoms with Crippen LogP contribution >= 0.6 is 0 Å². The van der Waals surface area contributed by atoms with Crippen molar-refractivity contribution in [1.82, 2.24) is 0 Å². The highest BCUT2D eigenvalue weighted by atomic mass is 29.3. The van der Waals surface area contributed by atoms with Crippen LogP contribution in [0.15, 0.2) is 48.5 Å². The van der Waals surface area contributed by atoms with E-state index >= 15 is 0 Å². The Kier molecular flexibility index (Phi) is 3.19. The highest BCUT2D eigenvalue weighted by Gasteiger charge is 2.49. The van der Waals surface area contributed by atoms with Crippen molar-refractivity contribution in [2.24, 2.45) is 0 Å². The van der Waals surface area contributed by atoms with Crippen LogP contribution in [-0.2, 0) is 0 Å². The van der Waals surface area contributed by atoms with Crippen molar-refractivity contribution in [3.63, 3.8) is 0 Å². The highest BCUT2D eigenvalue weighted by Crippen LogP contribution is 2.20. The largest absolute Gasteiger partial charge is 0.117 e. The van der Waals surface area contributed by atoms with Crippen molar-refractivity contribution in [2.45, 2.75) is 32.7 Å². The molecule has 2 aromatic rings. The molecule has 0 saturated heterocycles. The maximum absolute atomic E-state index is 2.63. The van der Waals surface area contributed by atoms with Gasteiger partial charge in [0.15, 0.2) is 0 Å². The van der Waals surface area contributed by atoms with Crippen molar-refractivity contribution in [1.29, 1.82) is 0 Å². The smallest absolute Gasteiger partial charge is 0.0709 e. The van der Waals surface area contributed by atoms with Crippen LogP contribution in [0.25, 0.3) is 0 Å². The molecule has 0 saturated carbocycles. The molecule has 3 rings (SSSR count). The number of benzene rings is 2. The van der Waals surface area contributed by atoms with Crippen molar-refractivity contribution in [3.05, 3.63) is 48.5 Å². The molecule has 103 valence electrons. The molecule has 3 heteroatoms. The normalized spacial score (nSPS) is 17.4. The van der Waals surface area contributed by atoms with Gasteiger partial charge in [-0.05, 0) is 0 Å². The molecule has 0 amide bonds. The fourth-order valence-corrected chi connectivity index (χ4v) is 19.1. The van der Waals surface area contributed by atoms with Crippen LogP contribution in [0.4, 0.5) is 0 Å². The van der Waals surface area contributed by atoms with Crippen LogP contribution in [0.3, 0.4) is 0 Å². The van der Waals surface area contributed by atoms with E-state index in [4.69, 9.17) is 0 Å². The molecule has 0 fully saturated rings. The van der Waals surface area contributed by atoms with Crippen molar-refractivity contribution in [2.75, 3.05) is 0 Å². The van der Waals surface area contributed by atoms with E-state index in [0.717, 1.165) is 0 Å². The van der Waals surface area contributed by atoms with E-state index in [2.05, 4.69) is 81.3 Å².